The summed E-state index contributed by atoms with van der Waals surface area (Å²) in [5.74, 6) is 0. The van der Waals surface area contributed by atoms with Crippen molar-refractivity contribution >= 4 is 46.4 Å². The molecule has 0 bridgehead atoms. The number of halogens is 4. The van der Waals surface area contributed by atoms with Gasteiger partial charge in [0.05, 0.1) is 0 Å². The molecule has 0 spiro atoms. The number of rotatable bonds is 2. The van der Waals surface area contributed by atoms with E-state index in [4.69, 9.17) is 46.4 Å². The molecule has 1 N–H and O–H groups in total. The highest BCUT2D eigenvalue weighted by atomic mass is 35.6. The van der Waals surface area contributed by atoms with Crippen LogP contribution in [0.15, 0.2) is 48.8 Å². The fourth-order valence-corrected chi connectivity index (χ4v) is 2.63. The van der Waals surface area contributed by atoms with Gasteiger partial charge in [-0.15, -0.1) is 0 Å². The van der Waals surface area contributed by atoms with E-state index >= 15 is 0 Å². The molecule has 0 amide bonds. The summed E-state index contributed by atoms with van der Waals surface area (Å²) in [6.45, 7) is 0. The number of hydrogen-bond donors (Lipinski definition) is 1. The van der Waals surface area contributed by atoms with Crippen molar-refractivity contribution in [1.29, 1.82) is 0 Å². The van der Waals surface area contributed by atoms with Crippen LogP contribution in [0.5, 0.6) is 0 Å². The predicted octanol–water partition coefficient (Wildman–Crippen LogP) is 4.34. The van der Waals surface area contributed by atoms with Gasteiger partial charge in [0.25, 0.3) is 0 Å². The second kappa shape index (κ2) is 5.47. The molecule has 0 aliphatic rings. The molecule has 2 nitrogen and oxygen atoms in total. The van der Waals surface area contributed by atoms with E-state index in [2.05, 4.69) is 4.98 Å². The van der Waals surface area contributed by atoms with Crippen LogP contribution in [0, 0.1) is 0 Å². The molecular weight excluding hydrogens is 328 g/mol. The van der Waals surface area contributed by atoms with Gasteiger partial charge in [0.1, 0.15) is 0 Å². The molecule has 0 radical (unpaired) electrons. The van der Waals surface area contributed by atoms with Crippen LogP contribution in [0.25, 0.3) is 0 Å². The highest BCUT2D eigenvalue weighted by molar-refractivity contribution is 6.68. The van der Waals surface area contributed by atoms with E-state index in [0.29, 0.717) is 16.1 Å². The molecule has 2 aromatic rings. The Labute approximate surface area is 130 Å². The van der Waals surface area contributed by atoms with Gasteiger partial charge in [-0.25, -0.2) is 0 Å². The number of aromatic nitrogens is 1. The molecule has 0 aliphatic heterocycles. The lowest BCUT2D eigenvalue weighted by Gasteiger charge is -2.35. The van der Waals surface area contributed by atoms with Gasteiger partial charge in [-0.2, -0.15) is 0 Å². The quantitative estimate of drug-likeness (QED) is 0.827. The third kappa shape index (κ3) is 2.83. The van der Waals surface area contributed by atoms with Crippen LogP contribution in [0.1, 0.15) is 11.1 Å². The summed E-state index contributed by atoms with van der Waals surface area (Å²) in [5.41, 5.74) is -1.08. The van der Waals surface area contributed by atoms with Crippen LogP contribution >= 0.6 is 46.4 Å². The standard InChI is InChI=1S/C13H9Cl4NO/c14-11-5-1-3-9(7-11)12(19,13(15,16)17)10-4-2-6-18-8-10/h1-8,19H. The SMILES string of the molecule is OC(c1cccnc1)(c1cccc(Cl)c1)C(Cl)(Cl)Cl. The summed E-state index contributed by atoms with van der Waals surface area (Å²) in [4.78, 5) is 3.94. The zero-order valence-electron chi connectivity index (χ0n) is 9.53. The molecule has 100 valence electrons. The zero-order valence-corrected chi connectivity index (χ0v) is 12.5. The minimum absolute atomic E-state index is 0.372. The third-order valence-electron chi connectivity index (χ3n) is 2.73. The lowest BCUT2D eigenvalue weighted by Crippen LogP contribution is -2.41. The molecule has 1 aromatic heterocycles. The minimum atomic E-state index is -1.97. The highest BCUT2D eigenvalue weighted by Crippen LogP contribution is 2.49. The van der Waals surface area contributed by atoms with Crippen molar-refractivity contribution in [1.82, 2.24) is 4.98 Å². The molecule has 2 rings (SSSR count). The molecular formula is C13H9Cl4NO. The fourth-order valence-electron chi connectivity index (χ4n) is 1.78. The zero-order chi connectivity index (χ0) is 14.1. The molecule has 1 heterocycles. The molecule has 0 saturated heterocycles. The summed E-state index contributed by atoms with van der Waals surface area (Å²) in [5, 5.41) is 11.4. The van der Waals surface area contributed by atoms with E-state index in [1.54, 1.807) is 42.6 Å². The lowest BCUT2D eigenvalue weighted by atomic mass is 9.88. The van der Waals surface area contributed by atoms with E-state index in [1.807, 2.05) is 0 Å². The fraction of sp³-hybridized carbons (Fsp3) is 0.154. The van der Waals surface area contributed by atoms with Crippen molar-refractivity contribution in [2.24, 2.45) is 0 Å². The topological polar surface area (TPSA) is 33.1 Å². The Morgan fingerprint density at radius 3 is 2.21 bits per heavy atom. The van der Waals surface area contributed by atoms with Crippen LogP contribution < -0.4 is 0 Å². The Balaban J connectivity index is 2.66. The molecule has 0 aliphatic carbocycles. The van der Waals surface area contributed by atoms with Crippen LogP contribution in [0.3, 0.4) is 0 Å². The van der Waals surface area contributed by atoms with Crippen molar-refractivity contribution < 1.29 is 5.11 Å². The van der Waals surface area contributed by atoms with Gasteiger partial charge >= 0.3 is 0 Å². The number of nitrogens with zero attached hydrogens (tertiary/aromatic N) is 1. The molecule has 19 heavy (non-hydrogen) atoms. The first-order valence-electron chi connectivity index (χ1n) is 5.31. The average molecular weight is 337 g/mol. The Bertz CT molecular complexity index is 570. The Morgan fingerprint density at radius 2 is 1.68 bits per heavy atom. The first-order valence-corrected chi connectivity index (χ1v) is 6.82. The van der Waals surface area contributed by atoms with Crippen molar-refractivity contribution in [3.8, 4) is 0 Å². The lowest BCUT2D eigenvalue weighted by molar-refractivity contribution is 0.0846. The third-order valence-corrected chi connectivity index (χ3v) is 3.79. The molecule has 0 fully saturated rings. The van der Waals surface area contributed by atoms with Crippen molar-refractivity contribution in [3.05, 3.63) is 64.9 Å². The van der Waals surface area contributed by atoms with E-state index in [9.17, 15) is 5.11 Å². The largest absolute Gasteiger partial charge is 0.376 e. The van der Waals surface area contributed by atoms with Gasteiger partial charge < -0.3 is 5.11 Å². The second-order valence-electron chi connectivity index (χ2n) is 3.96. The summed E-state index contributed by atoms with van der Waals surface area (Å²) in [6, 6.07) is 9.83. The van der Waals surface area contributed by atoms with Gasteiger partial charge in [-0.05, 0) is 23.8 Å². The van der Waals surface area contributed by atoms with E-state index in [0.717, 1.165) is 0 Å². The molecule has 1 unspecified atom stereocenters. The van der Waals surface area contributed by atoms with Crippen molar-refractivity contribution in [3.63, 3.8) is 0 Å². The number of benzene rings is 1. The van der Waals surface area contributed by atoms with Crippen LogP contribution in [-0.4, -0.2) is 13.9 Å². The Hall–Kier alpha value is -0.510. The van der Waals surface area contributed by atoms with Gasteiger partial charge in [0.15, 0.2) is 5.60 Å². The predicted molar refractivity (Wildman–Crippen MR) is 79.0 cm³/mol. The van der Waals surface area contributed by atoms with Gasteiger partial charge in [0, 0.05) is 23.0 Å². The number of alkyl halides is 3. The van der Waals surface area contributed by atoms with Gasteiger partial charge in [-0.3, -0.25) is 4.98 Å². The van der Waals surface area contributed by atoms with Crippen LogP contribution in [0.4, 0.5) is 0 Å². The Morgan fingerprint density at radius 1 is 1.00 bits per heavy atom. The van der Waals surface area contributed by atoms with E-state index in [1.165, 1.54) is 6.20 Å². The van der Waals surface area contributed by atoms with Crippen LogP contribution in [0.2, 0.25) is 5.02 Å². The molecule has 0 saturated carbocycles. The van der Waals surface area contributed by atoms with Gasteiger partial charge in [-0.1, -0.05) is 64.6 Å². The first-order chi connectivity index (χ1) is 8.85. The highest BCUT2D eigenvalue weighted by Gasteiger charge is 2.50. The summed E-state index contributed by atoms with van der Waals surface area (Å²) in [7, 11) is 0. The number of hydrogen-bond acceptors (Lipinski definition) is 2. The maximum absolute atomic E-state index is 10.9. The summed E-state index contributed by atoms with van der Waals surface area (Å²) >= 11 is 23.8. The first kappa shape index (κ1) is 14.9. The number of aliphatic hydroxyl groups is 1. The van der Waals surface area contributed by atoms with Gasteiger partial charge in [0.2, 0.25) is 3.79 Å². The van der Waals surface area contributed by atoms with Crippen molar-refractivity contribution in [2.45, 2.75) is 9.39 Å². The minimum Gasteiger partial charge on any atom is -0.376 e. The molecule has 6 heteroatoms. The molecule has 1 aromatic carbocycles. The average Bonchev–Trinajstić information content (AvgIpc) is 2.37. The summed E-state index contributed by atoms with van der Waals surface area (Å²) in [6.07, 6.45) is 3.02. The normalized spacial score (nSPS) is 15.0. The monoisotopic (exact) mass is 335 g/mol. The smallest absolute Gasteiger partial charge is 0.227 e. The second-order valence-corrected chi connectivity index (χ2v) is 6.68. The number of pyridine rings is 1. The van der Waals surface area contributed by atoms with E-state index < -0.39 is 9.39 Å². The maximum Gasteiger partial charge on any atom is 0.227 e. The molecule has 1 atom stereocenters. The van der Waals surface area contributed by atoms with Crippen molar-refractivity contribution in [2.75, 3.05) is 0 Å². The summed E-state index contributed by atoms with van der Waals surface area (Å²) < 4.78 is -1.97. The van der Waals surface area contributed by atoms with Crippen LogP contribution in [-0.2, 0) is 5.60 Å². The van der Waals surface area contributed by atoms with E-state index in [-0.39, 0.29) is 0 Å². The Kier molecular flexibility index (Phi) is 4.29. The maximum atomic E-state index is 10.9.